The van der Waals surface area contributed by atoms with E-state index in [9.17, 15) is 5.11 Å². The number of nitrogens with two attached hydrogens (primary N) is 1. The summed E-state index contributed by atoms with van der Waals surface area (Å²) in [6.07, 6.45) is 5.80. The second kappa shape index (κ2) is 4.02. The van der Waals surface area contributed by atoms with Gasteiger partial charge in [-0.15, -0.1) is 0 Å². The zero-order valence-corrected chi connectivity index (χ0v) is 10.8. The summed E-state index contributed by atoms with van der Waals surface area (Å²) >= 11 is 0. The fraction of sp³-hybridized carbons (Fsp3) is 0.467. The van der Waals surface area contributed by atoms with Gasteiger partial charge in [0.1, 0.15) is 5.75 Å². The maximum absolute atomic E-state index is 9.59. The monoisotopic (exact) mass is 244 g/mol. The molecule has 1 aromatic carbocycles. The Morgan fingerprint density at radius 1 is 1.22 bits per heavy atom. The first-order valence-electron chi connectivity index (χ1n) is 6.71. The van der Waals surface area contributed by atoms with E-state index in [1.807, 2.05) is 12.1 Å². The van der Waals surface area contributed by atoms with Crippen LogP contribution in [0.3, 0.4) is 0 Å². The summed E-state index contributed by atoms with van der Waals surface area (Å²) in [5.41, 5.74) is 9.78. The van der Waals surface area contributed by atoms with Crippen molar-refractivity contribution in [2.75, 3.05) is 0 Å². The van der Waals surface area contributed by atoms with Crippen LogP contribution >= 0.6 is 0 Å². The lowest BCUT2D eigenvalue weighted by Gasteiger charge is -2.33. The lowest BCUT2D eigenvalue weighted by Crippen LogP contribution is -2.39. The first kappa shape index (κ1) is 11.6. The molecule has 1 aliphatic rings. The van der Waals surface area contributed by atoms with Gasteiger partial charge >= 0.3 is 0 Å². The molecule has 0 saturated heterocycles. The molecule has 3 rings (SSSR count). The van der Waals surface area contributed by atoms with E-state index in [2.05, 4.69) is 11.9 Å². The second-order valence-electron chi connectivity index (χ2n) is 5.57. The lowest BCUT2D eigenvalue weighted by molar-refractivity contribution is 0.295. The normalized spacial score (nSPS) is 19.2. The summed E-state index contributed by atoms with van der Waals surface area (Å²) in [7, 11) is 0. The standard InChI is InChI=1S/C15H20N2O/c1-10-12-9-11(18)5-6-13(12)17-14(10)15(16)7-3-2-4-8-15/h5-6,9,17-18H,2-4,7-8,16H2,1H3. The summed E-state index contributed by atoms with van der Waals surface area (Å²) < 4.78 is 0. The van der Waals surface area contributed by atoms with Gasteiger partial charge in [-0.2, -0.15) is 0 Å². The van der Waals surface area contributed by atoms with Gasteiger partial charge in [-0.05, 0) is 43.5 Å². The molecule has 0 atom stereocenters. The van der Waals surface area contributed by atoms with Gasteiger partial charge < -0.3 is 15.8 Å². The molecule has 1 aromatic heterocycles. The highest BCUT2D eigenvalue weighted by atomic mass is 16.3. The van der Waals surface area contributed by atoms with Gasteiger partial charge in [0.25, 0.3) is 0 Å². The van der Waals surface area contributed by atoms with E-state index < -0.39 is 0 Å². The summed E-state index contributed by atoms with van der Waals surface area (Å²) in [5, 5.41) is 10.7. The first-order valence-corrected chi connectivity index (χ1v) is 6.71. The lowest BCUT2D eigenvalue weighted by atomic mass is 9.79. The van der Waals surface area contributed by atoms with Crippen LogP contribution in [-0.2, 0) is 5.54 Å². The number of aromatic hydroxyl groups is 1. The summed E-state index contributed by atoms with van der Waals surface area (Å²) in [6.45, 7) is 2.09. The topological polar surface area (TPSA) is 62.0 Å². The highest BCUT2D eigenvalue weighted by molar-refractivity contribution is 5.86. The average molecular weight is 244 g/mol. The van der Waals surface area contributed by atoms with Gasteiger partial charge in [0.2, 0.25) is 0 Å². The number of phenolic OH excluding ortho intramolecular Hbond substituents is 1. The minimum Gasteiger partial charge on any atom is -0.508 e. The Balaban J connectivity index is 2.14. The molecular weight excluding hydrogens is 224 g/mol. The van der Waals surface area contributed by atoms with Crippen LogP contribution in [0.4, 0.5) is 0 Å². The fourth-order valence-corrected chi connectivity index (χ4v) is 3.25. The molecule has 2 aromatic rings. The summed E-state index contributed by atoms with van der Waals surface area (Å²) in [4.78, 5) is 3.47. The Kier molecular flexibility index (Phi) is 2.59. The zero-order chi connectivity index (χ0) is 12.8. The van der Waals surface area contributed by atoms with Gasteiger partial charge in [-0.3, -0.25) is 0 Å². The first-order chi connectivity index (χ1) is 8.60. The van der Waals surface area contributed by atoms with Crippen LogP contribution in [0.25, 0.3) is 10.9 Å². The average Bonchev–Trinajstić information content (AvgIpc) is 2.68. The number of aromatic amines is 1. The number of benzene rings is 1. The maximum atomic E-state index is 9.59. The number of H-pyrrole nitrogens is 1. The molecule has 3 nitrogen and oxygen atoms in total. The van der Waals surface area contributed by atoms with Crippen molar-refractivity contribution >= 4 is 10.9 Å². The number of aromatic nitrogens is 1. The van der Waals surface area contributed by atoms with Crippen LogP contribution in [0, 0.1) is 6.92 Å². The summed E-state index contributed by atoms with van der Waals surface area (Å²) in [6, 6.07) is 5.45. The Hall–Kier alpha value is -1.48. The van der Waals surface area contributed by atoms with Crippen molar-refractivity contribution in [2.24, 2.45) is 5.73 Å². The Morgan fingerprint density at radius 2 is 1.94 bits per heavy atom. The largest absolute Gasteiger partial charge is 0.508 e. The molecule has 0 spiro atoms. The van der Waals surface area contributed by atoms with Crippen LogP contribution in [0.2, 0.25) is 0 Å². The molecule has 96 valence electrons. The molecule has 0 unspecified atom stereocenters. The molecule has 0 bridgehead atoms. The van der Waals surface area contributed by atoms with Crippen LogP contribution < -0.4 is 5.73 Å². The fourth-order valence-electron chi connectivity index (χ4n) is 3.25. The van der Waals surface area contributed by atoms with Crippen molar-refractivity contribution in [1.29, 1.82) is 0 Å². The van der Waals surface area contributed by atoms with Crippen molar-refractivity contribution in [3.8, 4) is 5.75 Å². The third-order valence-electron chi connectivity index (χ3n) is 4.29. The van der Waals surface area contributed by atoms with Crippen molar-refractivity contribution in [1.82, 2.24) is 4.98 Å². The highest BCUT2D eigenvalue weighted by Gasteiger charge is 2.32. The van der Waals surface area contributed by atoms with Crippen LogP contribution in [-0.4, -0.2) is 10.1 Å². The van der Waals surface area contributed by atoms with Gasteiger partial charge in [0, 0.05) is 16.6 Å². The van der Waals surface area contributed by atoms with Crippen molar-refractivity contribution < 1.29 is 5.11 Å². The van der Waals surface area contributed by atoms with Crippen molar-refractivity contribution in [3.05, 3.63) is 29.5 Å². The molecule has 3 heteroatoms. The number of aryl methyl sites for hydroxylation is 1. The molecule has 1 saturated carbocycles. The van der Waals surface area contributed by atoms with Crippen LogP contribution in [0.5, 0.6) is 5.75 Å². The van der Waals surface area contributed by atoms with E-state index in [-0.39, 0.29) is 5.54 Å². The van der Waals surface area contributed by atoms with Gasteiger partial charge in [-0.1, -0.05) is 19.3 Å². The van der Waals surface area contributed by atoms with Crippen molar-refractivity contribution in [2.45, 2.75) is 44.6 Å². The minimum absolute atomic E-state index is 0.211. The smallest absolute Gasteiger partial charge is 0.116 e. The zero-order valence-electron chi connectivity index (χ0n) is 10.8. The molecule has 18 heavy (non-hydrogen) atoms. The molecule has 1 heterocycles. The molecule has 1 fully saturated rings. The molecule has 4 N–H and O–H groups in total. The number of nitrogens with one attached hydrogen (secondary N) is 1. The molecule has 0 radical (unpaired) electrons. The predicted molar refractivity (Wildman–Crippen MR) is 73.7 cm³/mol. The van der Waals surface area contributed by atoms with E-state index >= 15 is 0 Å². The third kappa shape index (κ3) is 1.70. The Bertz CT molecular complexity index is 579. The SMILES string of the molecule is Cc1c(C2(N)CCCCC2)[nH]c2ccc(O)cc12. The Labute approximate surface area is 107 Å². The van der Waals surface area contributed by atoms with Gasteiger partial charge in [0.15, 0.2) is 0 Å². The predicted octanol–water partition coefficient (Wildman–Crippen LogP) is 3.30. The third-order valence-corrected chi connectivity index (χ3v) is 4.29. The Morgan fingerprint density at radius 3 is 2.67 bits per heavy atom. The molecule has 0 aliphatic heterocycles. The van der Waals surface area contributed by atoms with E-state index in [4.69, 9.17) is 5.73 Å². The number of hydrogen-bond donors (Lipinski definition) is 3. The second-order valence-corrected chi connectivity index (χ2v) is 5.57. The number of rotatable bonds is 1. The van der Waals surface area contributed by atoms with E-state index in [0.717, 1.165) is 29.4 Å². The molecule has 1 aliphatic carbocycles. The highest BCUT2D eigenvalue weighted by Crippen LogP contribution is 2.38. The quantitative estimate of drug-likeness (QED) is 0.720. The van der Waals surface area contributed by atoms with Gasteiger partial charge in [-0.25, -0.2) is 0 Å². The molecular formula is C15H20N2O. The van der Waals surface area contributed by atoms with Crippen LogP contribution in [0.1, 0.15) is 43.4 Å². The number of hydrogen-bond acceptors (Lipinski definition) is 2. The van der Waals surface area contributed by atoms with E-state index in [1.54, 1.807) is 6.07 Å². The molecule has 0 amide bonds. The van der Waals surface area contributed by atoms with E-state index in [0.29, 0.717) is 5.75 Å². The maximum Gasteiger partial charge on any atom is 0.116 e. The van der Waals surface area contributed by atoms with Gasteiger partial charge in [0.05, 0.1) is 5.54 Å². The van der Waals surface area contributed by atoms with Crippen LogP contribution in [0.15, 0.2) is 18.2 Å². The number of phenols is 1. The van der Waals surface area contributed by atoms with Crippen molar-refractivity contribution in [3.63, 3.8) is 0 Å². The minimum atomic E-state index is -0.211. The number of fused-ring (bicyclic) bond motifs is 1. The van der Waals surface area contributed by atoms with E-state index in [1.165, 1.54) is 24.8 Å². The summed E-state index contributed by atoms with van der Waals surface area (Å²) in [5.74, 6) is 0.311.